The normalized spacial score (nSPS) is 17.8. The third-order valence-electron chi connectivity index (χ3n) is 6.11. The molecule has 8 nitrogen and oxygen atoms in total. The number of carbonyl (C=O) groups is 2. The van der Waals surface area contributed by atoms with Crippen molar-refractivity contribution in [1.29, 1.82) is 0 Å². The number of carbonyl (C=O) groups excluding carboxylic acids is 2. The second-order valence-electron chi connectivity index (χ2n) is 8.02. The van der Waals surface area contributed by atoms with E-state index >= 15 is 0 Å². The van der Waals surface area contributed by atoms with Gasteiger partial charge in [0, 0.05) is 25.8 Å². The first-order valence-corrected chi connectivity index (χ1v) is 10.9. The lowest BCUT2D eigenvalue weighted by Crippen LogP contribution is -2.63. The number of benzene rings is 1. The van der Waals surface area contributed by atoms with Crippen LogP contribution in [0.15, 0.2) is 23.1 Å². The number of nitrogens with zero attached hydrogens (tertiary/aromatic N) is 3. The summed E-state index contributed by atoms with van der Waals surface area (Å²) < 4.78 is 15.0. The number of fused-ring (bicyclic) bond motifs is 3. The third-order valence-corrected chi connectivity index (χ3v) is 6.40. The van der Waals surface area contributed by atoms with Crippen LogP contribution < -0.4 is 15.8 Å². The van der Waals surface area contributed by atoms with Gasteiger partial charge in [-0.25, -0.2) is 4.39 Å². The van der Waals surface area contributed by atoms with E-state index < -0.39 is 28.8 Å². The van der Waals surface area contributed by atoms with Gasteiger partial charge in [-0.3, -0.25) is 24.1 Å². The van der Waals surface area contributed by atoms with Crippen molar-refractivity contribution in [2.75, 3.05) is 18.1 Å². The predicted octanol–water partition coefficient (Wildman–Crippen LogP) is 2.51. The van der Waals surface area contributed by atoms with Crippen LogP contribution in [0.5, 0.6) is 5.75 Å². The number of aryl methyl sites for hydroxylation is 1. The molecule has 1 aromatic carbocycles. The zero-order chi connectivity index (χ0) is 23.2. The number of pyridine rings is 1. The fraction of sp³-hybridized carbons (Fsp3) is 0.409. The minimum atomic E-state index is -0.914. The monoisotopic (exact) mass is 462 g/mol. The van der Waals surface area contributed by atoms with Gasteiger partial charge in [0.1, 0.15) is 17.5 Å². The zero-order valence-corrected chi connectivity index (χ0v) is 18.6. The summed E-state index contributed by atoms with van der Waals surface area (Å²) in [4.78, 5) is 40.3. The Labute approximate surface area is 189 Å². The Hall–Kier alpha value is -3.07. The molecule has 4 rings (SSSR count). The largest absolute Gasteiger partial charge is 0.502 e. The summed E-state index contributed by atoms with van der Waals surface area (Å²) >= 11 is 5.83. The Balaban J connectivity index is 1.69. The van der Waals surface area contributed by atoms with Crippen LogP contribution in [0.3, 0.4) is 0 Å². The zero-order valence-electron chi connectivity index (χ0n) is 17.8. The van der Waals surface area contributed by atoms with Gasteiger partial charge in [0.05, 0.1) is 5.02 Å². The molecule has 2 N–H and O–H groups in total. The van der Waals surface area contributed by atoms with Gasteiger partial charge in [0.15, 0.2) is 11.4 Å². The first kappa shape index (κ1) is 22.1. The number of rotatable bonds is 4. The fourth-order valence-corrected chi connectivity index (χ4v) is 4.58. The summed E-state index contributed by atoms with van der Waals surface area (Å²) in [6.45, 7) is 4.61. The van der Waals surface area contributed by atoms with Gasteiger partial charge in [-0.15, -0.1) is 0 Å². The van der Waals surface area contributed by atoms with Crippen molar-refractivity contribution < 1.29 is 19.1 Å². The summed E-state index contributed by atoms with van der Waals surface area (Å²) in [5.41, 5.74) is -0.134. The fourth-order valence-electron chi connectivity index (χ4n) is 4.39. The minimum absolute atomic E-state index is 0.0154. The van der Waals surface area contributed by atoms with Crippen molar-refractivity contribution in [3.05, 3.63) is 61.8 Å². The molecule has 0 radical (unpaired) electrons. The topological polar surface area (TPSA) is 94.9 Å². The maximum absolute atomic E-state index is 13.6. The van der Waals surface area contributed by atoms with Crippen LogP contribution in [0.1, 0.15) is 58.2 Å². The van der Waals surface area contributed by atoms with Crippen LogP contribution in [0.2, 0.25) is 5.02 Å². The van der Waals surface area contributed by atoms with Gasteiger partial charge >= 0.3 is 0 Å². The summed E-state index contributed by atoms with van der Waals surface area (Å²) in [5.74, 6) is -2.45. The maximum atomic E-state index is 13.6. The Kier molecular flexibility index (Phi) is 5.85. The second kappa shape index (κ2) is 8.46. The van der Waals surface area contributed by atoms with Crippen molar-refractivity contribution in [2.24, 2.45) is 0 Å². The maximum Gasteiger partial charge on any atom is 0.278 e. The molecular weight excluding hydrogens is 439 g/mol. The SMILES string of the molecule is CCN1C(=O)c2c(O)c(=O)c(C(=O)NCc3cc(Cl)c(F)cc3C)cn2N2CCCC[C@@H]12. The summed E-state index contributed by atoms with van der Waals surface area (Å²) in [5, 5.41) is 15.1. The number of hydrogen-bond acceptors (Lipinski definition) is 5. The lowest BCUT2D eigenvalue weighted by Gasteiger charge is -2.48. The highest BCUT2D eigenvalue weighted by Gasteiger charge is 2.40. The highest BCUT2D eigenvalue weighted by atomic mass is 35.5. The van der Waals surface area contributed by atoms with Crippen molar-refractivity contribution in [2.45, 2.75) is 45.8 Å². The average Bonchev–Trinajstić information content (AvgIpc) is 2.77. The molecule has 0 spiro atoms. The van der Waals surface area contributed by atoms with E-state index in [1.807, 2.05) is 11.9 Å². The van der Waals surface area contributed by atoms with Crippen molar-refractivity contribution in [3.8, 4) is 5.75 Å². The molecule has 0 saturated carbocycles. The Bertz CT molecular complexity index is 1170. The number of hydrogen-bond donors (Lipinski definition) is 2. The van der Waals surface area contributed by atoms with Gasteiger partial charge in [0.2, 0.25) is 5.43 Å². The Morgan fingerprint density at radius 1 is 1.31 bits per heavy atom. The molecule has 170 valence electrons. The van der Waals surface area contributed by atoms with E-state index in [2.05, 4.69) is 5.32 Å². The standard InChI is InChI=1S/C22H24ClFN4O4/c1-3-26-17-6-4-5-7-27(17)28-11-14(19(29)20(30)18(28)22(26)32)21(31)25-10-13-9-15(23)16(24)8-12(13)2/h8-9,11,17,30H,3-7,10H2,1-2H3,(H,25,31)/t17-/m0/s1. The molecule has 1 fully saturated rings. The highest BCUT2D eigenvalue weighted by Crippen LogP contribution is 2.29. The Morgan fingerprint density at radius 2 is 2.06 bits per heavy atom. The van der Waals surface area contributed by atoms with E-state index in [-0.39, 0.29) is 29.0 Å². The van der Waals surface area contributed by atoms with Crippen LogP contribution in [-0.4, -0.2) is 45.8 Å². The quantitative estimate of drug-likeness (QED) is 0.728. The Morgan fingerprint density at radius 3 is 2.78 bits per heavy atom. The number of aromatic nitrogens is 1. The molecule has 10 heteroatoms. The molecule has 0 aliphatic carbocycles. The number of aromatic hydroxyl groups is 1. The van der Waals surface area contributed by atoms with Gasteiger partial charge in [0.25, 0.3) is 11.8 Å². The van der Waals surface area contributed by atoms with Gasteiger partial charge < -0.3 is 15.3 Å². The smallest absolute Gasteiger partial charge is 0.278 e. The lowest BCUT2D eigenvalue weighted by molar-refractivity contribution is 0.0534. The van der Waals surface area contributed by atoms with E-state index in [0.717, 1.165) is 19.3 Å². The van der Waals surface area contributed by atoms with E-state index in [4.69, 9.17) is 11.6 Å². The molecule has 0 bridgehead atoms. The van der Waals surface area contributed by atoms with Gasteiger partial charge in [-0.2, -0.15) is 0 Å². The van der Waals surface area contributed by atoms with Crippen molar-refractivity contribution in [3.63, 3.8) is 0 Å². The molecule has 3 heterocycles. The van der Waals surface area contributed by atoms with E-state index in [0.29, 0.717) is 24.2 Å². The van der Waals surface area contributed by atoms with Crippen LogP contribution >= 0.6 is 11.6 Å². The minimum Gasteiger partial charge on any atom is -0.502 e. The van der Waals surface area contributed by atoms with Crippen LogP contribution in [0.4, 0.5) is 4.39 Å². The highest BCUT2D eigenvalue weighted by molar-refractivity contribution is 6.30. The van der Waals surface area contributed by atoms with E-state index in [9.17, 15) is 23.9 Å². The van der Waals surface area contributed by atoms with Crippen LogP contribution in [0.25, 0.3) is 0 Å². The first-order valence-electron chi connectivity index (χ1n) is 10.5. The first-order chi connectivity index (χ1) is 15.2. The molecule has 1 atom stereocenters. The van der Waals surface area contributed by atoms with Crippen molar-refractivity contribution in [1.82, 2.24) is 14.9 Å². The molecule has 2 aliphatic rings. The molecular formula is C22H24ClFN4O4. The summed E-state index contributed by atoms with van der Waals surface area (Å²) in [6, 6.07) is 2.69. The molecule has 32 heavy (non-hydrogen) atoms. The van der Waals surface area contributed by atoms with Crippen LogP contribution in [-0.2, 0) is 6.54 Å². The number of halogens is 2. The molecule has 0 unspecified atom stereocenters. The molecule has 2 amide bonds. The lowest BCUT2D eigenvalue weighted by atomic mass is 10.0. The van der Waals surface area contributed by atoms with E-state index in [1.165, 1.54) is 23.0 Å². The predicted molar refractivity (Wildman–Crippen MR) is 117 cm³/mol. The second-order valence-corrected chi connectivity index (χ2v) is 8.43. The van der Waals surface area contributed by atoms with Gasteiger partial charge in [-0.05, 0) is 56.4 Å². The van der Waals surface area contributed by atoms with Crippen LogP contribution in [0, 0.1) is 12.7 Å². The third kappa shape index (κ3) is 3.60. The van der Waals surface area contributed by atoms with Gasteiger partial charge in [-0.1, -0.05) is 11.6 Å². The number of amides is 2. The summed E-state index contributed by atoms with van der Waals surface area (Å²) in [7, 11) is 0. The number of piperidine rings is 1. The van der Waals surface area contributed by atoms with E-state index in [1.54, 1.807) is 11.8 Å². The molecule has 2 aliphatic heterocycles. The molecule has 1 saturated heterocycles. The average molecular weight is 463 g/mol. The van der Waals surface area contributed by atoms with Crippen molar-refractivity contribution >= 4 is 23.4 Å². The number of nitrogens with one attached hydrogen (secondary N) is 1. The molecule has 2 aromatic rings. The summed E-state index contributed by atoms with van der Waals surface area (Å²) in [6.07, 6.45) is 3.73. The molecule has 1 aromatic heterocycles.